The van der Waals surface area contributed by atoms with Gasteiger partial charge in [0.1, 0.15) is 18.4 Å². The van der Waals surface area contributed by atoms with Gasteiger partial charge >= 0.3 is 0 Å². The van der Waals surface area contributed by atoms with E-state index in [1.54, 1.807) is 6.26 Å². The van der Waals surface area contributed by atoms with Gasteiger partial charge in [-0.3, -0.25) is 4.79 Å². The largest absolute Gasteiger partial charge is 0.467 e. The van der Waals surface area contributed by atoms with Gasteiger partial charge in [0.05, 0.1) is 18.9 Å². The lowest BCUT2D eigenvalue weighted by atomic mass is 10.0. The van der Waals surface area contributed by atoms with E-state index in [4.69, 9.17) is 9.15 Å². The zero-order valence-electron chi connectivity index (χ0n) is 17.6. The van der Waals surface area contributed by atoms with Crippen molar-refractivity contribution in [3.05, 3.63) is 89.9 Å². The van der Waals surface area contributed by atoms with Gasteiger partial charge in [-0.15, -0.1) is 0 Å². The fourth-order valence-electron chi connectivity index (χ4n) is 3.32. The maximum atomic E-state index is 12.8. The first-order chi connectivity index (χ1) is 14.7. The summed E-state index contributed by atoms with van der Waals surface area (Å²) in [6.45, 7) is 4.91. The summed E-state index contributed by atoms with van der Waals surface area (Å²) in [5.41, 5.74) is 3.06. The second-order valence-corrected chi connectivity index (χ2v) is 7.40. The van der Waals surface area contributed by atoms with Crippen LogP contribution in [0.15, 0.2) is 77.4 Å². The molecule has 158 valence electrons. The van der Waals surface area contributed by atoms with Crippen LogP contribution in [-0.4, -0.2) is 11.9 Å². The van der Waals surface area contributed by atoms with Gasteiger partial charge in [0.15, 0.2) is 0 Å². The van der Waals surface area contributed by atoms with E-state index in [9.17, 15) is 4.79 Å². The fraction of sp³-hybridized carbons (Fsp3) is 0.320. The zero-order valence-corrected chi connectivity index (χ0v) is 17.6. The van der Waals surface area contributed by atoms with Crippen molar-refractivity contribution in [2.24, 2.45) is 0 Å². The van der Waals surface area contributed by atoms with Crippen molar-refractivity contribution in [2.75, 3.05) is 5.32 Å². The minimum absolute atomic E-state index is 0.0169. The van der Waals surface area contributed by atoms with Crippen molar-refractivity contribution < 1.29 is 13.9 Å². The lowest BCUT2D eigenvalue weighted by Gasteiger charge is -2.22. The highest BCUT2D eigenvalue weighted by atomic mass is 16.5. The molecular weight excluding hydrogens is 376 g/mol. The van der Waals surface area contributed by atoms with Crippen molar-refractivity contribution in [1.82, 2.24) is 5.32 Å². The van der Waals surface area contributed by atoms with Crippen molar-refractivity contribution >= 4 is 11.6 Å². The van der Waals surface area contributed by atoms with Crippen molar-refractivity contribution in [3.8, 4) is 0 Å². The molecule has 5 heteroatoms. The Morgan fingerprint density at radius 3 is 2.60 bits per heavy atom. The van der Waals surface area contributed by atoms with E-state index in [2.05, 4.69) is 29.7 Å². The van der Waals surface area contributed by atoms with E-state index in [1.165, 1.54) is 0 Å². The number of anilines is 1. The smallest absolute Gasteiger partial charge is 0.242 e. The number of benzene rings is 2. The minimum Gasteiger partial charge on any atom is -0.467 e. The average molecular weight is 407 g/mol. The molecule has 0 radical (unpaired) electrons. The molecule has 0 aliphatic carbocycles. The molecule has 5 nitrogen and oxygen atoms in total. The molecule has 3 rings (SSSR count). The summed E-state index contributed by atoms with van der Waals surface area (Å²) >= 11 is 0. The van der Waals surface area contributed by atoms with Crippen molar-refractivity contribution in [1.29, 1.82) is 0 Å². The molecule has 2 N–H and O–H groups in total. The summed E-state index contributed by atoms with van der Waals surface area (Å²) in [5, 5.41) is 6.48. The molecule has 1 aromatic heterocycles. The first-order valence-electron chi connectivity index (χ1n) is 10.5. The number of hydrogen-bond donors (Lipinski definition) is 2. The molecule has 0 aliphatic rings. The van der Waals surface area contributed by atoms with Gasteiger partial charge < -0.3 is 19.8 Å². The van der Waals surface area contributed by atoms with Gasteiger partial charge in [0.25, 0.3) is 0 Å². The van der Waals surface area contributed by atoms with Crippen LogP contribution in [-0.2, 0) is 22.7 Å². The van der Waals surface area contributed by atoms with Crippen LogP contribution in [0.4, 0.5) is 5.69 Å². The predicted molar refractivity (Wildman–Crippen MR) is 119 cm³/mol. The highest BCUT2D eigenvalue weighted by molar-refractivity contribution is 5.84. The summed E-state index contributed by atoms with van der Waals surface area (Å²) in [6, 6.07) is 21.5. The quantitative estimate of drug-likeness (QED) is 0.444. The zero-order chi connectivity index (χ0) is 21.2. The lowest BCUT2D eigenvalue weighted by Crippen LogP contribution is -2.39. The summed E-state index contributed by atoms with van der Waals surface area (Å²) in [5.74, 6) is 0.784. The molecule has 0 saturated carbocycles. The third kappa shape index (κ3) is 6.49. The maximum absolute atomic E-state index is 12.8. The van der Waals surface area contributed by atoms with E-state index in [1.807, 2.05) is 61.5 Å². The number of rotatable bonds is 11. The SMILES string of the molecule is CCCC(NC(=O)C(C)Nc1cccc(COCc2ccco2)c1)c1ccccc1. The van der Waals surface area contributed by atoms with Crippen molar-refractivity contribution in [3.63, 3.8) is 0 Å². The van der Waals surface area contributed by atoms with Crippen LogP contribution in [0.25, 0.3) is 0 Å². The molecule has 30 heavy (non-hydrogen) atoms. The maximum Gasteiger partial charge on any atom is 0.242 e. The molecular formula is C25H30N2O3. The van der Waals surface area contributed by atoms with E-state index in [0.717, 1.165) is 35.4 Å². The second kappa shape index (κ2) is 11.2. The third-order valence-electron chi connectivity index (χ3n) is 4.89. The number of ether oxygens (including phenoxy) is 1. The lowest BCUT2D eigenvalue weighted by molar-refractivity contribution is -0.122. The van der Waals surface area contributed by atoms with Crippen LogP contribution in [0.2, 0.25) is 0 Å². The van der Waals surface area contributed by atoms with Gasteiger partial charge in [-0.1, -0.05) is 55.8 Å². The molecule has 1 amide bonds. The van der Waals surface area contributed by atoms with Crippen LogP contribution in [0.1, 0.15) is 49.6 Å². The number of furan rings is 1. The monoisotopic (exact) mass is 406 g/mol. The second-order valence-electron chi connectivity index (χ2n) is 7.40. The summed E-state index contributed by atoms with van der Waals surface area (Å²) in [4.78, 5) is 12.8. The Hall–Kier alpha value is -3.05. The minimum atomic E-state index is -0.354. The Kier molecular flexibility index (Phi) is 8.10. The highest BCUT2D eigenvalue weighted by Gasteiger charge is 2.18. The highest BCUT2D eigenvalue weighted by Crippen LogP contribution is 2.19. The molecule has 0 spiro atoms. The molecule has 0 fully saturated rings. The van der Waals surface area contributed by atoms with Crippen LogP contribution in [0.3, 0.4) is 0 Å². The number of carbonyl (C=O) groups excluding carboxylic acids is 1. The van der Waals surface area contributed by atoms with E-state index < -0.39 is 0 Å². The molecule has 0 bridgehead atoms. The first kappa shape index (κ1) is 21.7. The van der Waals surface area contributed by atoms with Crippen LogP contribution < -0.4 is 10.6 Å². The van der Waals surface area contributed by atoms with E-state index in [0.29, 0.717) is 13.2 Å². The number of nitrogens with one attached hydrogen (secondary N) is 2. The number of hydrogen-bond acceptors (Lipinski definition) is 4. The van der Waals surface area contributed by atoms with Gasteiger partial charge in [-0.2, -0.15) is 0 Å². The molecule has 0 saturated heterocycles. The Bertz CT molecular complexity index is 894. The molecule has 2 unspecified atom stereocenters. The normalized spacial score (nSPS) is 12.9. The Morgan fingerprint density at radius 2 is 1.87 bits per heavy atom. The van der Waals surface area contributed by atoms with E-state index in [-0.39, 0.29) is 18.0 Å². The van der Waals surface area contributed by atoms with Gasteiger partial charge in [-0.25, -0.2) is 0 Å². The van der Waals surface area contributed by atoms with Crippen LogP contribution in [0.5, 0.6) is 0 Å². The third-order valence-corrected chi connectivity index (χ3v) is 4.89. The Balaban J connectivity index is 1.53. The summed E-state index contributed by atoms with van der Waals surface area (Å²) < 4.78 is 11.0. The molecule has 1 heterocycles. The fourth-order valence-corrected chi connectivity index (χ4v) is 3.32. The molecule has 2 atom stereocenters. The van der Waals surface area contributed by atoms with E-state index >= 15 is 0 Å². The standard InChI is InChI=1S/C25H30N2O3/c1-3-9-24(21-11-5-4-6-12-21)27-25(28)19(2)26-22-13-7-10-20(16-22)17-29-18-23-14-8-15-30-23/h4-8,10-16,19,24,26H,3,9,17-18H2,1-2H3,(H,27,28). The van der Waals surface area contributed by atoms with Crippen LogP contribution >= 0.6 is 0 Å². The molecule has 2 aromatic carbocycles. The van der Waals surface area contributed by atoms with Crippen LogP contribution in [0, 0.1) is 0 Å². The van der Waals surface area contributed by atoms with Gasteiger partial charge in [0.2, 0.25) is 5.91 Å². The topological polar surface area (TPSA) is 63.5 Å². The number of amides is 1. The predicted octanol–water partition coefficient (Wildman–Crippen LogP) is 5.45. The van der Waals surface area contributed by atoms with Gasteiger partial charge in [-0.05, 0) is 48.7 Å². The summed E-state index contributed by atoms with van der Waals surface area (Å²) in [7, 11) is 0. The summed E-state index contributed by atoms with van der Waals surface area (Å²) in [6.07, 6.45) is 3.55. The molecule has 0 aliphatic heterocycles. The van der Waals surface area contributed by atoms with Gasteiger partial charge in [0, 0.05) is 5.69 Å². The Labute approximate surface area is 178 Å². The average Bonchev–Trinajstić information content (AvgIpc) is 3.28. The van der Waals surface area contributed by atoms with Crippen molar-refractivity contribution in [2.45, 2.75) is 52.0 Å². The number of carbonyl (C=O) groups is 1. The first-order valence-corrected chi connectivity index (χ1v) is 10.5. The Morgan fingerprint density at radius 1 is 1.03 bits per heavy atom. The molecule has 3 aromatic rings.